The van der Waals surface area contributed by atoms with Crippen LogP contribution < -0.4 is 0 Å². The molecule has 0 unspecified atom stereocenters. The van der Waals surface area contributed by atoms with Crippen molar-refractivity contribution in [3.05, 3.63) is 143 Å². The molecule has 1 heteroatoms. The molecule has 0 saturated heterocycles. The first kappa shape index (κ1) is 17.9. The van der Waals surface area contributed by atoms with Crippen LogP contribution in [0.5, 0.6) is 0 Å². The van der Waals surface area contributed by atoms with Crippen molar-refractivity contribution in [2.45, 2.75) is 24.4 Å². The third-order valence-corrected chi connectivity index (χ3v) is 6.24. The van der Waals surface area contributed by atoms with E-state index in [9.17, 15) is 5.11 Å². The Bertz CT molecular complexity index is 1020. The van der Waals surface area contributed by atoms with Gasteiger partial charge in [0.2, 0.25) is 0 Å². The van der Waals surface area contributed by atoms with Crippen LogP contribution in [-0.2, 0) is 18.3 Å². The summed E-state index contributed by atoms with van der Waals surface area (Å²) >= 11 is 0. The van der Waals surface area contributed by atoms with Crippen molar-refractivity contribution >= 4 is 0 Å². The highest BCUT2D eigenvalue weighted by Gasteiger charge is 2.43. The summed E-state index contributed by atoms with van der Waals surface area (Å²) in [5.74, 6) is 0. The van der Waals surface area contributed by atoms with Crippen molar-refractivity contribution in [3.8, 4) is 0 Å². The van der Waals surface area contributed by atoms with Crippen molar-refractivity contribution < 1.29 is 5.11 Å². The van der Waals surface area contributed by atoms with Crippen molar-refractivity contribution in [2.24, 2.45) is 0 Å². The van der Waals surface area contributed by atoms with Gasteiger partial charge in [-0.1, -0.05) is 109 Å². The van der Waals surface area contributed by atoms with Crippen LogP contribution in [0.25, 0.3) is 0 Å². The molecule has 0 aliphatic heterocycles. The molecule has 1 N–H and O–H groups in total. The molecule has 0 heterocycles. The number of benzene rings is 4. The summed E-state index contributed by atoms with van der Waals surface area (Å²) in [5, 5.41) is 11.2. The second-order valence-electron chi connectivity index (χ2n) is 7.98. The first-order valence-corrected chi connectivity index (χ1v) is 10.2. The van der Waals surface area contributed by atoms with Gasteiger partial charge in [-0.2, -0.15) is 0 Å². The lowest BCUT2D eigenvalue weighted by Crippen LogP contribution is -2.39. The summed E-state index contributed by atoms with van der Waals surface area (Å²) < 4.78 is 0. The minimum atomic E-state index is -0.581. The van der Waals surface area contributed by atoms with Gasteiger partial charge in [0.25, 0.3) is 0 Å². The Balaban J connectivity index is 1.78. The van der Waals surface area contributed by atoms with Crippen LogP contribution in [0.2, 0.25) is 0 Å². The standard InChI is InChI=1S/C28H24O/c29-27-23-15-7-9-17-25(23)28(19-21-11-3-1-4-12-21,20-22-13-5-2-6-14-22)26-18-10-8-16-24(26)27/h1-18,27,29H,19-20H2. The fourth-order valence-electron chi connectivity index (χ4n) is 4.99. The summed E-state index contributed by atoms with van der Waals surface area (Å²) in [5.41, 5.74) is 6.91. The lowest BCUT2D eigenvalue weighted by atomic mass is 9.60. The van der Waals surface area contributed by atoms with Gasteiger partial charge in [0.15, 0.2) is 0 Å². The van der Waals surface area contributed by atoms with Gasteiger partial charge >= 0.3 is 0 Å². The van der Waals surface area contributed by atoms with Crippen LogP contribution in [0.4, 0.5) is 0 Å². The van der Waals surface area contributed by atoms with Gasteiger partial charge in [-0.3, -0.25) is 0 Å². The van der Waals surface area contributed by atoms with Gasteiger partial charge in [0.05, 0.1) is 0 Å². The minimum Gasteiger partial charge on any atom is -0.384 e. The normalized spacial score (nSPS) is 14.8. The summed E-state index contributed by atoms with van der Waals surface area (Å²) in [6, 6.07) is 38.3. The fraction of sp³-hybridized carbons (Fsp3) is 0.143. The predicted octanol–water partition coefficient (Wildman–Crippen LogP) is 5.85. The molecule has 1 aliphatic carbocycles. The molecule has 4 aromatic carbocycles. The molecule has 5 rings (SSSR count). The van der Waals surface area contributed by atoms with E-state index >= 15 is 0 Å². The number of rotatable bonds is 4. The topological polar surface area (TPSA) is 20.2 Å². The molecule has 142 valence electrons. The second kappa shape index (κ2) is 7.35. The lowest BCUT2D eigenvalue weighted by Gasteiger charge is -2.43. The van der Waals surface area contributed by atoms with E-state index in [1.165, 1.54) is 22.3 Å². The first-order chi connectivity index (χ1) is 14.3. The Hall–Kier alpha value is -3.16. The highest BCUT2D eigenvalue weighted by molar-refractivity contribution is 5.57. The average Bonchev–Trinajstić information content (AvgIpc) is 2.79. The van der Waals surface area contributed by atoms with Gasteiger partial charge in [-0.25, -0.2) is 0 Å². The zero-order valence-electron chi connectivity index (χ0n) is 16.3. The van der Waals surface area contributed by atoms with E-state index < -0.39 is 6.10 Å². The summed E-state index contributed by atoms with van der Waals surface area (Å²) in [6.45, 7) is 0. The number of aliphatic hydroxyl groups is 1. The van der Waals surface area contributed by atoms with Crippen LogP contribution in [-0.4, -0.2) is 5.11 Å². The summed E-state index contributed by atoms with van der Waals surface area (Å²) in [6.07, 6.45) is 1.20. The zero-order chi connectivity index (χ0) is 19.7. The molecule has 0 amide bonds. The van der Waals surface area contributed by atoms with Crippen molar-refractivity contribution in [1.29, 1.82) is 0 Å². The maximum absolute atomic E-state index is 11.2. The molecule has 0 saturated carbocycles. The highest BCUT2D eigenvalue weighted by atomic mass is 16.3. The molecular weight excluding hydrogens is 352 g/mol. The summed E-state index contributed by atoms with van der Waals surface area (Å²) in [4.78, 5) is 0. The van der Waals surface area contributed by atoms with E-state index in [2.05, 4.69) is 97.1 Å². The molecule has 0 fully saturated rings. The second-order valence-corrected chi connectivity index (χ2v) is 7.98. The lowest BCUT2D eigenvalue weighted by molar-refractivity contribution is 0.207. The van der Waals surface area contributed by atoms with Crippen LogP contribution >= 0.6 is 0 Å². The van der Waals surface area contributed by atoms with Crippen LogP contribution in [0.1, 0.15) is 39.5 Å². The molecule has 0 atom stereocenters. The number of aliphatic hydroxyl groups excluding tert-OH is 1. The molecular formula is C28H24O. The third kappa shape index (κ3) is 3.08. The van der Waals surface area contributed by atoms with Crippen LogP contribution in [0, 0.1) is 0 Å². The Kier molecular flexibility index (Phi) is 4.54. The Morgan fingerprint density at radius 3 is 1.34 bits per heavy atom. The van der Waals surface area contributed by atoms with Crippen LogP contribution in [0.3, 0.4) is 0 Å². The van der Waals surface area contributed by atoms with Crippen LogP contribution in [0.15, 0.2) is 109 Å². The highest BCUT2D eigenvalue weighted by Crippen LogP contribution is 2.49. The Labute approximate surface area is 172 Å². The minimum absolute atomic E-state index is 0.227. The monoisotopic (exact) mass is 376 g/mol. The maximum atomic E-state index is 11.2. The van der Waals surface area contributed by atoms with Gasteiger partial charge in [0.1, 0.15) is 6.10 Å². The Morgan fingerprint density at radius 1 is 0.517 bits per heavy atom. The SMILES string of the molecule is OC1c2ccccc2C(Cc2ccccc2)(Cc2ccccc2)c2ccccc21. The summed E-state index contributed by atoms with van der Waals surface area (Å²) in [7, 11) is 0. The number of hydrogen-bond acceptors (Lipinski definition) is 1. The van der Waals surface area contributed by atoms with Crippen molar-refractivity contribution in [2.75, 3.05) is 0 Å². The quantitative estimate of drug-likeness (QED) is 0.473. The molecule has 1 aliphatic rings. The van der Waals surface area contributed by atoms with E-state index in [4.69, 9.17) is 0 Å². The maximum Gasteiger partial charge on any atom is 0.105 e. The fourth-order valence-corrected chi connectivity index (χ4v) is 4.99. The number of hydrogen-bond donors (Lipinski definition) is 1. The van der Waals surface area contributed by atoms with Gasteiger partial charge < -0.3 is 5.11 Å². The van der Waals surface area contributed by atoms with E-state index in [1.807, 2.05) is 12.1 Å². The zero-order valence-corrected chi connectivity index (χ0v) is 16.3. The Morgan fingerprint density at radius 2 is 0.897 bits per heavy atom. The molecule has 29 heavy (non-hydrogen) atoms. The molecule has 0 spiro atoms. The van der Waals surface area contributed by atoms with E-state index in [0.717, 1.165) is 24.0 Å². The molecule has 0 aromatic heterocycles. The molecule has 0 radical (unpaired) electrons. The first-order valence-electron chi connectivity index (χ1n) is 10.2. The van der Waals surface area contributed by atoms with E-state index in [-0.39, 0.29) is 5.41 Å². The largest absolute Gasteiger partial charge is 0.384 e. The molecule has 4 aromatic rings. The third-order valence-electron chi connectivity index (χ3n) is 6.24. The van der Waals surface area contributed by atoms with Gasteiger partial charge in [-0.15, -0.1) is 0 Å². The average molecular weight is 376 g/mol. The van der Waals surface area contributed by atoms with Crippen molar-refractivity contribution in [3.63, 3.8) is 0 Å². The van der Waals surface area contributed by atoms with Gasteiger partial charge in [-0.05, 0) is 46.2 Å². The number of fused-ring (bicyclic) bond motifs is 2. The van der Waals surface area contributed by atoms with E-state index in [0.29, 0.717) is 0 Å². The van der Waals surface area contributed by atoms with Gasteiger partial charge in [0, 0.05) is 5.41 Å². The predicted molar refractivity (Wildman–Crippen MR) is 118 cm³/mol. The molecule has 1 nitrogen and oxygen atoms in total. The van der Waals surface area contributed by atoms with Crippen molar-refractivity contribution in [1.82, 2.24) is 0 Å². The molecule has 0 bridgehead atoms. The van der Waals surface area contributed by atoms with E-state index in [1.54, 1.807) is 0 Å². The smallest absolute Gasteiger partial charge is 0.105 e.